The summed E-state index contributed by atoms with van der Waals surface area (Å²) in [5.41, 5.74) is 0.560. The summed E-state index contributed by atoms with van der Waals surface area (Å²) in [6, 6.07) is 8.12. The predicted molar refractivity (Wildman–Crippen MR) is 103 cm³/mol. The molecule has 1 heterocycles. The van der Waals surface area contributed by atoms with Gasteiger partial charge in [-0.05, 0) is 67.9 Å². The summed E-state index contributed by atoms with van der Waals surface area (Å²) in [4.78, 5) is 19.5. The van der Waals surface area contributed by atoms with Crippen molar-refractivity contribution in [1.82, 2.24) is 9.88 Å². The van der Waals surface area contributed by atoms with E-state index in [-0.39, 0.29) is 11.3 Å². The van der Waals surface area contributed by atoms with Crippen molar-refractivity contribution in [1.29, 1.82) is 0 Å². The molecule has 4 aliphatic rings. The maximum absolute atomic E-state index is 13.0. The van der Waals surface area contributed by atoms with Crippen LogP contribution in [0.15, 0.2) is 24.3 Å². The Morgan fingerprint density at radius 2 is 2.00 bits per heavy atom. The monoisotopic (exact) mass is 370 g/mol. The lowest BCUT2D eigenvalue weighted by Crippen LogP contribution is -2.56. The first-order valence-electron chi connectivity index (χ1n) is 9.73. The van der Waals surface area contributed by atoms with E-state index in [9.17, 15) is 9.90 Å². The summed E-state index contributed by atoms with van der Waals surface area (Å²) in [5.74, 6) is 1.46. The average Bonchev–Trinajstić information content (AvgIpc) is 2.94. The maximum atomic E-state index is 13.0. The second kappa shape index (κ2) is 5.77. The molecule has 0 radical (unpaired) electrons. The summed E-state index contributed by atoms with van der Waals surface area (Å²) in [7, 11) is 1.89. The summed E-state index contributed by atoms with van der Waals surface area (Å²) in [6.07, 6.45) is 6.86. The molecule has 1 aromatic carbocycles. The third-order valence-corrected chi connectivity index (χ3v) is 7.84. The van der Waals surface area contributed by atoms with Crippen molar-refractivity contribution in [2.45, 2.75) is 57.1 Å². The third-order valence-electron chi connectivity index (χ3n) is 6.81. The van der Waals surface area contributed by atoms with Gasteiger partial charge in [0, 0.05) is 13.5 Å². The molecule has 1 amide bonds. The quantitative estimate of drug-likeness (QED) is 0.886. The first-order chi connectivity index (χ1) is 12.4. The van der Waals surface area contributed by atoms with Gasteiger partial charge in [-0.1, -0.05) is 12.1 Å². The lowest BCUT2D eigenvalue weighted by molar-refractivity contribution is -0.171. The lowest BCUT2D eigenvalue weighted by atomic mass is 9.47. The Morgan fingerprint density at radius 3 is 2.69 bits per heavy atom. The van der Waals surface area contributed by atoms with E-state index < -0.39 is 5.60 Å². The van der Waals surface area contributed by atoms with Crippen LogP contribution in [0.25, 0.3) is 10.2 Å². The van der Waals surface area contributed by atoms with Gasteiger partial charge in [-0.25, -0.2) is 4.98 Å². The Bertz CT molecular complexity index is 814. The molecule has 4 atom stereocenters. The van der Waals surface area contributed by atoms with Crippen molar-refractivity contribution >= 4 is 27.5 Å². The minimum Gasteiger partial charge on any atom is -0.390 e. The number of fused-ring (bicyclic) bond motifs is 1. The van der Waals surface area contributed by atoms with Crippen LogP contribution in [0.4, 0.5) is 0 Å². The Morgan fingerprint density at radius 1 is 1.27 bits per heavy atom. The lowest BCUT2D eigenvalue weighted by Gasteiger charge is -2.60. The molecule has 0 saturated heterocycles. The minimum absolute atomic E-state index is 0.0395. The van der Waals surface area contributed by atoms with Gasteiger partial charge in [0.15, 0.2) is 0 Å². The van der Waals surface area contributed by atoms with Crippen LogP contribution in [0.1, 0.15) is 50.0 Å². The molecular formula is C21H26N2O2S. The molecule has 138 valence electrons. The molecule has 4 aliphatic carbocycles. The van der Waals surface area contributed by atoms with E-state index in [2.05, 4.69) is 11.1 Å². The van der Waals surface area contributed by atoms with Crippen molar-refractivity contribution in [3.63, 3.8) is 0 Å². The highest BCUT2D eigenvalue weighted by Crippen LogP contribution is 2.62. The number of aromatic nitrogens is 1. The summed E-state index contributed by atoms with van der Waals surface area (Å²) in [5, 5.41) is 11.9. The second-order valence-electron chi connectivity index (χ2n) is 9.19. The minimum atomic E-state index is -0.490. The van der Waals surface area contributed by atoms with Crippen LogP contribution in [0.3, 0.4) is 0 Å². The van der Waals surface area contributed by atoms with E-state index in [0.29, 0.717) is 24.8 Å². The number of carbonyl (C=O) groups excluding carboxylic acids is 1. The van der Waals surface area contributed by atoms with E-state index in [1.54, 1.807) is 11.3 Å². The van der Waals surface area contributed by atoms with Gasteiger partial charge in [-0.3, -0.25) is 4.79 Å². The van der Waals surface area contributed by atoms with Crippen LogP contribution in [0.5, 0.6) is 0 Å². The number of nitrogens with zero attached hydrogens (tertiary/aromatic N) is 2. The van der Waals surface area contributed by atoms with E-state index in [4.69, 9.17) is 0 Å². The molecular weight excluding hydrogens is 344 g/mol. The molecule has 4 fully saturated rings. The van der Waals surface area contributed by atoms with E-state index in [1.807, 2.05) is 30.1 Å². The molecule has 4 nitrogen and oxygen atoms in total. The van der Waals surface area contributed by atoms with Gasteiger partial charge in [-0.2, -0.15) is 0 Å². The van der Waals surface area contributed by atoms with E-state index in [0.717, 1.165) is 42.6 Å². The fraction of sp³-hybridized carbons (Fsp3) is 0.619. The topological polar surface area (TPSA) is 53.4 Å². The van der Waals surface area contributed by atoms with Crippen LogP contribution in [0.2, 0.25) is 0 Å². The van der Waals surface area contributed by atoms with Gasteiger partial charge in [0.1, 0.15) is 5.01 Å². The molecule has 6 rings (SSSR count). The number of para-hydroxylation sites is 1. The number of rotatable bonds is 4. The Hall–Kier alpha value is -1.46. The van der Waals surface area contributed by atoms with Crippen molar-refractivity contribution in [2.24, 2.45) is 17.3 Å². The van der Waals surface area contributed by atoms with Crippen LogP contribution < -0.4 is 0 Å². The zero-order valence-electron chi connectivity index (χ0n) is 15.3. The fourth-order valence-corrected chi connectivity index (χ4v) is 7.36. The third kappa shape index (κ3) is 2.85. The fourth-order valence-electron chi connectivity index (χ4n) is 6.34. The van der Waals surface area contributed by atoms with Gasteiger partial charge in [0.25, 0.3) is 0 Å². The van der Waals surface area contributed by atoms with Crippen LogP contribution in [-0.2, 0) is 11.3 Å². The average molecular weight is 371 g/mol. The molecule has 1 N–H and O–H groups in total. The summed E-state index contributed by atoms with van der Waals surface area (Å²) in [6.45, 7) is 0.575. The van der Waals surface area contributed by atoms with Gasteiger partial charge in [0.05, 0.1) is 22.4 Å². The first-order valence-corrected chi connectivity index (χ1v) is 10.5. The van der Waals surface area contributed by atoms with E-state index in [1.165, 1.54) is 11.1 Å². The zero-order chi connectivity index (χ0) is 17.9. The highest BCUT2D eigenvalue weighted by Gasteiger charge is 2.57. The highest BCUT2D eigenvalue weighted by atomic mass is 32.1. The zero-order valence-corrected chi connectivity index (χ0v) is 16.1. The van der Waals surface area contributed by atoms with E-state index >= 15 is 0 Å². The molecule has 2 aromatic rings. The van der Waals surface area contributed by atoms with Gasteiger partial charge in [0.2, 0.25) is 5.91 Å². The second-order valence-corrected chi connectivity index (χ2v) is 10.3. The van der Waals surface area contributed by atoms with Crippen molar-refractivity contribution in [3.8, 4) is 0 Å². The number of thiazole rings is 1. The summed E-state index contributed by atoms with van der Waals surface area (Å²) >= 11 is 1.67. The van der Waals surface area contributed by atoms with Gasteiger partial charge in [-0.15, -0.1) is 11.3 Å². The Labute approximate surface area is 158 Å². The number of benzene rings is 1. The number of hydrogen-bond donors (Lipinski definition) is 1. The molecule has 0 aliphatic heterocycles. The van der Waals surface area contributed by atoms with Crippen molar-refractivity contribution in [2.75, 3.05) is 7.05 Å². The maximum Gasteiger partial charge on any atom is 0.223 e. The largest absolute Gasteiger partial charge is 0.390 e. The van der Waals surface area contributed by atoms with Crippen molar-refractivity contribution < 1.29 is 9.90 Å². The van der Waals surface area contributed by atoms with Gasteiger partial charge < -0.3 is 10.0 Å². The Kier molecular flexibility index (Phi) is 3.70. The van der Waals surface area contributed by atoms with Crippen LogP contribution in [-0.4, -0.2) is 33.5 Å². The smallest absolute Gasteiger partial charge is 0.223 e. The first kappa shape index (κ1) is 16.7. The molecule has 4 saturated carbocycles. The number of carbonyl (C=O) groups is 1. The Balaban J connectivity index is 1.29. The molecule has 0 spiro atoms. The molecule has 5 heteroatoms. The number of aliphatic hydroxyl groups is 1. The summed E-state index contributed by atoms with van der Waals surface area (Å²) < 4.78 is 1.17. The van der Waals surface area contributed by atoms with Gasteiger partial charge >= 0.3 is 0 Å². The highest BCUT2D eigenvalue weighted by molar-refractivity contribution is 7.18. The van der Waals surface area contributed by atoms with Crippen LogP contribution in [0, 0.1) is 17.3 Å². The van der Waals surface area contributed by atoms with Crippen LogP contribution >= 0.6 is 11.3 Å². The molecule has 26 heavy (non-hydrogen) atoms. The normalized spacial score (nSPS) is 35.2. The molecule has 2 unspecified atom stereocenters. The number of amides is 1. The van der Waals surface area contributed by atoms with Crippen molar-refractivity contribution in [3.05, 3.63) is 29.3 Å². The molecule has 1 aromatic heterocycles. The SMILES string of the molecule is CN(Cc1nc2ccccc2s1)C(=O)CC12C[C@@H]3C[C@@H](CC(O)(C3)C1)C2. The number of hydrogen-bond acceptors (Lipinski definition) is 4. The molecule has 4 bridgehead atoms. The predicted octanol–water partition coefficient (Wildman–Crippen LogP) is 3.98. The standard InChI is InChI=1S/C21H26N2O2S/c1-23(12-18-22-16-4-2-3-5-17(16)26-18)19(24)11-20-7-14-6-15(8-20)10-21(25,9-14)13-20/h2-5,14-15,25H,6-13H2,1H3/t14-,15+,20?,21?.